The first-order valence-electron chi connectivity index (χ1n) is 12.5. The van der Waals surface area contributed by atoms with Gasteiger partial charge in [-0.1, -0.05) is 59.7 Å². The average molecular weight is 482 g/mol. The molecule has 3 heterocycles. The highest BCUT2D eigenvalue weighted by Crippen LogP contribution is 2.41. The Hall–Kier alpha value is -2.85. The van der Waals surface area contributed by atoms with Crippen molar-refractivity contribution in [1.29, 1.82) is 0 Å². The SMILES string of the molecule is Cc1ccc2cc(-c3ncnc4c3sc3c(C)c(CC(C)(C)C)ccc34)cc(CC(C)(C)C)c2n1. The van der Waals surface area contributed by atoms with Crippen LogP contribution in [0.25, 0.3) is 42.5 Å². The van der Waals surface area contributed by atoms with E-state index in [4.69, 9.17) is 15.0 Å². The Morgan fingerprint density at radius 3 is 2.17 bits per heavy atom. The van der Waals surface area contributed by atoms with Gasteiger partial charge in [-0.25, -0.2) is 9.97 Å². The van der Waals surface area contributed by atoms with Crippen LogP contribution in [0, 0.1) is 24.7 Å². The van der Waals surface area contributed by atoms with E-state index in [0.29, 0.717) is 0 Å². The fourth-order valence-electron chi connectivity index (χ4n) is 5.03. The van der Waals surface area contributed by atoms with Gasteiger partial charge in [-0.2, -0.15) is 0 Å². The fourth-order valence-corrected chi connectivity index (χ4v) is 6.32. The highest BCUT2D eigenvalue weighted by molar-refractivity contribution is 7.26. The summed E-state index contributed by atoms with van der Waals surface area (Å²) in [6.07, 6.45) is 3.75. The Morgan fingerprint density at radius 2 is 1.46 bits per heavy atom. The van der Waals surface area contributed by atoms with Crippen molar-refractivity contribution in [3.05, 3.63) is 65.1 Å². The Morgan fingerprint density at radius 1 is 0.743 bits per heavy atom. The first-order valence-corrected chi connectivity index (χ1v) is 13.3. The quantitative estimate of drug-likeness (QED) is 0.258. The highest BCUT2D eigenvalue weighted by Gasteiger charge is 2.20. The summed E-state index contributed by atoms with van der Waals surface area (Å²) in [5.41, 5.74) is 9.87. The van der Waals surface area contributed by atoms with E-state index in [0.717, 1.165) is 40.8 Å². The molecule has 180 valence electrons. The van der Waals surface area contributed by atoms with Crippen molar-refractivity contribution in [1.82, 2.24) is 15.0 Å². The number of hydrogen-bond donors (Lipinski definition) is 0. The second-order valence-corrected chi connectivity index (χ2v) is 13.4. The molecule has 0 aliphatic carbocycles. The topological polar surface area (TPSA) is 38.7 Å². The van der Waals surface area contributed by atoms with Crippen LogP contribution >= 0.6 is 11.3 Å². The molecule has 0 saturated carbocycles. The zero-order valence-electron chi connectivity index (χ0n) is 22.2. The summed E-state index contributed by atoms with van der Waals surface area (Å²) in [7, 11) is 0. The van der Waals surface area contributed by atoms with E-state index in [9.17, 15) is 0 Å². The van der Waals surface area contributed by atoms with Crippen molar-refractivity contribution in [2.75, 3.05) is 0 Å². The molecule has 0 atom stereocenters. The molecule has 4 heteroatoms. The zero-order valence-corrected chi connectivity index (χ0v) is 23.0. The summed E-state index contributed by atoms with van der Waals surface area (Å²) < 4.78 is 2.50. The summed E-state index contributed by atoms with van der Waals surface area (Å²) in [5.74, 6) is 0. The van der Waals surface area contributed by atoms with Crippen LogP contribution in [0.2, 0.25) is 0 Å². The second kappa shape index (κ2) is 8.37. The molecule has 0 unspecified atom stereocenters. The van der Waals surface area contributed by atoms with Gasteiger partial charge in [0.1, 0.15) is 6.33 Å². The van der Waals surface area contributed by atoms with Crippen LogP contribution < -0.4 is 0 Å². The van der Waals surface area contributed by atoms with Gasteiger partial charge in [0.25, 0.3) is 0 Å². The third-order valence-corrected chi connectivity index (χ3v) is 7.83. The Bertz CT molecular complexity index is 1580. The summed E-state index contributed by atoms with van der Waals surface area (Å²) in [6, 6.07) is 13.4. The molecule has 0 aliphatic heterocycles. The predicted molar refractivity (Wildman–Crippen MR) is 151 cm³/mol. The van der Waals surface area contributed by atoms with Crippen molar-refractivity contribution in [3.63, 3.8) is 0 Å². The van der Waals surface area contributed by atoms with Gasteiger partial charge in [0.05, 0.1) is 21.4 Å². The number of aryl methyl sites for hydroxylation is 2. The van der Waals surface area contributed by atoms with Gasteiger partial charge < -0.3 is 0 Å². The average Bonchev–Trinajstić information content (AvgIpc) is 3.13. The molecule has 0 aliphatic rings. The van der Waals surface area contributed by atoms with E-state index in [1.165, 1.54) is 36.9 Å². The van der Waals surface area contributed by atoms with E-state index < -0.39 is 0 Å². The van der Waals surface area contributed by atoms with Crippen molar-refractivity contribution in [3.8, 4) is 11.3 Å². The Kier molecular flexibility index (Phi) is 5.71. The van der Waals surface area contributed by atoms with Gasteiger partial charge in [-0.15, -0.1) is 11.3 Å². The minimum absolute atomic E-state index is 0.163. The van der Waals surface area contributed by atoms with Crippen molar-refractivity contribution < 1.29 is 0 Å². The van der Waals surface area contributed by atoms with E-state index in [1.807, 2.05) is 11.3 Å². The van der Waals surface area contributed by atoms with Gasteiger partial charge in [0, 0.05) is 26.7 Å². The van der Waals surface area contributed by atoms with Crippen LogP contribution in [0.3, 0.4) is 0 Å². The zero-order chi connectivity index (χ0) is 25.1. The van der Waals surface area contributed by atoms with Crippen molar-refractivity contribution >= 4 is 42.5 Å². The third-order valence-electron chi connectivity index (χ3n) is 6.51. The lowest BCUT2D eigenvalue weighted by atomic mass is 9.86. The normalized spacial score (nSPS) is 12.8. The maximum absolute atomic E-state index is 4.91. The molecule has 0 spiro atoms. The van der Waals surface area contributed by atoms with Gasteiger partial charge in [0.2, 0.25) is 0 Å². The van der Waals surface area contributed by atoms with E-state index in [2.05, 4.69) is 91.8 Å². The van der Waals surface area contributed by atoms with E-state index in [-0.39, 0.29) is 10.8 Å². The molecular weight excluding hydrogens is 446 g/mol. The number of hydrogen-bond acceptors (Lipinski definition) is 4. The Labute approximate surface area is 212 Å². The lowest BCUT2D eigenvalue weighted by molar-refractivity contribution is 0.410. The van der Waals surface area contributed by atoms with Gasteiger partial charge in [0.15, 0.2) is 0 Å². The molecule has 0 amide bonds. The maximum atomic E-state index is 4.91. The van der Waals surface area contributed by atoms with Crippen LogP contribution in [-0.4, -0.2) is 15.0 Å². The number of benzene rings is 2. The number of rotatable bonds is 3. The molecule has 2 aromatic carbocycles. The van der Waals surface area contributed by atoms with Gasteiger partial charge in [-0.05, 0) is 72.4 Å². The molecule has 5 rings (SSSR count). The minimum atomic E-state index is 0.163. The van der Waals surface area contributed by atoms with Crippen molar-refractivity contribution in [2.45, 2.75) is 68.2 Å². The first kappa shape index (κ1) is 23.9. The second-order valence-electron chi connectivity index (χ2n) is 12.4. The highest BCUT2D eigenvalue weighted by atomic mass is 32.1. The minimum Gasteiger partial charge on any atom is -0.253 e. The summed E-state index contributed by atoms with van der Waals surface area (Å²) >= 11 is 1.84. The molecule has 35 heavy (non-hydrogen) atoms. The monoisotopic (exact) mass is 481 g/mol. The van der Waals surface area contributed by atoms with Gasteiger partial charge >= 0.3 is 0 Å². The third kappa shape index (κ3) is 4.69. The number of thiophene rings is 1. The molecule has 0 bridgehead atoms. The number of nitrogens with zero attached hydrogens (tertiary/aromatic N) is 3. The Balaban J connectivity index is 1.74. The first-order chi connectivity index (χ1) is 16.4. The summed E-state index contributed by atoms with van der Waals surface area (Å²) in [4.78, 5) is 14.5. The number of pyridine rings is 1. The molecule has 3 nitrogen and oxygen atoms in total. The standard InChI is InChI=1S/C31H35N3S/c1-18-9-10-20-13-22(14-23(25(20)34-18)16-31(6,7)8)26-29-27(33-17-32-26)24-12-11-21(15-30(3,4)5)19(2)28(24)35-29/h9-14,17H,15-16H2,1-8H3. The summed E-state index contributed by atoms with van der Waals surface area (Å²) in [6.45, 7) is 18.1. The summed E-state index contributed by atoms with van der Waals surface area (Å²) in [5, 5.41) is 2.40. The van der Waals surface area contributed by atoms with Crippen LogP contribution in [-0.2, 0) is 12.8 Å². The van der Waals surface area contributed by atoms with Crippen LogP contribution in [0.15, 0.2) is 42.7 Å². The lowest BCUT2D eigenvalue weighted by Crippen LogP contribution is -2.10. The predicted octanol–water partition coefficient (Wildman–Crippen LogP) is 8.85. The lowest BCUT2D eigenvalue weighted by Gasteiger charge is -2.20. The van der Waals surface area contributed by atoms with Crippen LogP contribution in [0.5, 0.6) is 0 Å². The van der Waals surface area contributed by atoms with Gasteiger partial charge in [-0.3, -0.25) is 4.98 Å². The van der Waals surface area contributed by atoms with Crippen molar-refractivity contribution in [2.24, 2.45) is 10.8 Å². The number of fused-ring (bicyclic) bond motifs is 4. The smallest absolute Gasteiger partial charge is 0.116 e. The largest absolute Gasteiger partial charge is 0.253 e. The molecule has 0 radical (unpaired) electrons. The molecular formula is C31H35N3S. The van der Waals surface area contributed by atoms with E-state index >= 15 is 0 Å². The molecule has 0 N–H and O–H groups in total. The molecule has 5 aromatic rings. The fraction of sp³-hybridized carbons (Fsp3) is 0.387. The van der Waals surface area contributed by atoms with Crippen LogP contribution in [0.1, 0.15) is 63.9 Å². The number of aromatic nitrogens is 3. The van der Waals surface area contributed by atoms with E-state index in [1.54, 1.807) is 6.33 Å². The molecule has 0 saturated heterocycles. The maximum Gasteiger partial charge on any atom is 0.116 e. The van der Waals surface area contributed by atoms with Crippen LogP contribution in [0.4, 0.5) is 0 Å². The molecule has 0 fully saturated rings. The molecule has 3 aromatic heterocycles.